The average Bonchev–Trinajstić information content (AvgIpc) is 3.10. The number of benzene rings is 1. The molecule has 2 saturated heterocycles. The van der Waals surface area contributed by atoms with Crippen molar-refractivity contribution >= 4 is 21.8 Å². The molecule has 4 aliphatic rings. The number of nitrogens with one attached hydrogen (secondary N) is 1. The highest BCUT2D eigenvalue weighted by Crippen LogP contribution is 2.50. The maximum absolute atomic E-state index is 13.7. The van der Waals surface area contributed by atoms with Gasteiger partial charge >= 0.3 is 6.03 Å². The molecule has 2 aliphatic carbocycles. The third-order valence-corrected chi connectivity index (χ3v) is 11.4. The number of hydrogen-bond acceptors (Lipinski definition) is 6. The third-order valence-electron chi connectivity index (χ3n) is 9.73. The highest BCUT2D eigenvalue weighted by molar-refractivity contribution is 7.91. The molecule has 2 aliphatic heterocycles. The summed E-state index contributed by atoms with van der Waals surface area (Å²) in [6, 6.07) is 10.2. The van der Waals surface area contributed by atoms with Crippen LogP contribution in [-0.4, -0.2) is 103 Å². The Labute approximate surface area is 226 Å². The molecule has 1 aromatic rings. The third kappa shape index (κ3) is 5.19. The zero-order valence-electron chi connectivity index (χ0n) is 22.7. The van der Waals surface area contributed by atoms with Gasteiger partial charge in [0.05, 0.1) is 29.2 Å². The number of amides is 3. The Morgan fingerprint density at radius 2 is 1.68 bits per heavy atom. The van der Waals surface area contributed by atoms with Crippen molar-refractivity contribution in [1.29, 1.82) is 0 Å². The van der Waals surface area contributed by atoms with Crippen molar-refractivity contribution in [3.8, 4) is 0 Å². The monoisotopic (exact) mass is 546 g/mol. The minimum atomic E-state index is -3.01. The second kappa shape index (κ2) is 10.1. The number of carbonyl (C=O) groups excluding carboxylic acids is 2. The minimum Gasteiger partial charge on any atom is -0.388 e. The lowest BCUT2D eigenvalue weighted by atomic mass is 9.67. The Balaban J connectivity index is 1.32. The van der Waals surface area contributed by atoms with Crippen LogP contribution in [0.15, 0.2) is 30.3 Å². The van der Waals surface area contributed by atoms with E-state index in [0.717, 1.165) is 32.1 Å². The summed E-state index contributed by atoms with van der Waals surface area (Å²) in [5.41, 5.74) is -0.111. The number of aliphatic hydroxyl groups is 1. The molecule has 210 valence electrons. The number of rotatable bonds is 7. The summed E-state index contributed by atoms with van der Waals surface area (Å²) < 4.78 is 23.5. The molecule has 1 spiro atoms. The van der Waals surface area contributed by atoms with Gasteiger partial charge in [0, 0.05) is 18.1 Å². The van der Waals surface area contributed by atoms with Crippen LogP contribution < -0.4 is 5.32 Å². The van der Waals surface area contributed by atoms with Gasteiger partial charge in [-0.1, -0.05) is 30.3 Å². The van der Waals surface area contributed by atoms with Gasteiger partial charge in [-0.2, -0.15) is 0 Å². The standard InChI is InChI=1S/C28H42N4O5S/c1-30(2)28(22-7-4-3-5-8-22)15-13-26(14-16-28)20-31(25(34)32(26)21-27(35)11-6-12-27)19-24(33)29-23-9-17-38(36,37)18-10-23/h3-5,7-8,23,35H,6,9-21H2,1-2H3,(H,29,33)/t26-,28-. The van der Waals surface area contributed by atoms with E-state index in [-0.39, 0.29) is 41.6 Å². The van der Waals surface area contributed by atoms with E-state index < -0.39 is 21.0 Å². The Hall–Kier alpha value is -2.17. The molecule has 5 rings (SSSR count). The van der Waals surface area contributed by atoms with Crippen molar-refractivity contribution < 1.29 is 23.1 Å². The maximum atomic E-state index is 13.7. The quantitative estimate of drug-likeness (QED) is 0.542. The van der Waals surface area contributed by atoms with E-state index in [1.807, 2.05) is 11.0 Å². The van der Waals surface area contributed by atoms with E-state index in [1.165, 1.54) is 5.56 Å². The first kappa shape index (κ1) is 27.4. The van der Waals surface area contributed by atoms with Crippen LogP contribution >= 0.6 is 0 Å². The molecule has 0 unspecified atom stereocenters. The van der Waals surface area contributed by atoms with Crippen LogP contribution in [0.2, 0.25) is 0 Å². The number of carbonyl (C=O) groups is 2. The lowest BCUT2D eigenvalue weighted by molar-refractivity contribution is -0.122. The molecule has 0 atom stereocenters. The minimum absolute atomic E-state index is 0.0454. The van der Waals surface area contributed by atoms with Crippen LogP contribution in [0.3, 0.4) is 0 Å². The van der Waals surface area contributed by atoms with Crippen LogP contribution in [0.5, 0.6) is 0 Å². The van der Waals surface area contributed by atoms with Crippen LogP contribution in [0.25, 0.3) is 0 Å². The van der Waals surface area contributed by atoms with Gasteiger partial charge < -0.3 is 20.2 Å². The molecule has 4 fully saturated rings. The van der Waals surface area contributed by atoms with Gasteiger partial charge in [0.25, 0.3) is 0 Å². The van der Waals surface area contributed by atoms with Gasteiger partial charge in [-0.05, 0) is 77.4 Å². The van der Waals surface area contributed by atoms with E-state index >= 15 is 0 Å². The molecule has 2 heterocycles. The summed E-state index contributed by atoms with van der Waals surface area (Å²) in [6.45, 7) is 0.730. The van der Waals surface area contributed by atoms with E-state index in [0.29, 0.717) is 38.8 Å². The zero-order chi connectivity index (χ0) is 27.2. The Morgan fingerprint density at radius 3 is 2.24 bits per heavy atom. The highest BCUT2D eigenvalue weighted by atomic mass is 32.2. The predicted molar refractivity (Wildman–Crippen MR) is 145 cm³/mol. The summed E-state index contributed by atoms with van der Waals surface area (Å²) in [7, 11) is 1.23. The lowest BCUT2D eigenvalue weighted by Gasteiger charge is -2.52. The molecule has 0 aromatic heterocycles. The lowest BCUT2D eigenvalue weighted by Crippen LogP contribution is -2.59. The number of sulfone groups is 1. The first-order valence-corrected chi connectivity index (χ1v) is 15.8. The SMILES string of the molecule is CN(C)[C@]1(c2ccccc2)CC[C@@]2(CC1)CN(CC(=O)NC1CCS(=O)(=O)CC1)C(=O)N2CC1(O)CCC1. The Kier molecular flexibility index (Phi) is 7.28. The van der Waals surface area contributed by atoms with Crippen LogP contribution in [0, 0.1) is 0 Å². The Morgan fingerprint density at radius 1 is 1.05 bits per heavy atom. The first-order chi connectivity index (χ1) is 18.0. The highest BCUT2D eigenvalue weighted by Gasteiger charge is 2.56. The van der Waals surface area contributed by atoms with Crippen molar-refractivity contribution in [2.24, 2.45) is 0 Å². The van der Waals surface area contributed by atoms with Crippen molar-refractivity contribution in [3.63, 3.8) is 0 Å². The molecule has 38 heavy (non-hydrogen) atoms. The van der Waals surface area contributed by atoms with Crippen LogP contribution in [0.1, 0.15) is 63.4 Å². The zero-order valence-corrected chi connectivity index (χ0v) is 23.5. The number of urea groups is 1. The maximum Gasteiger partial charge on any atom is 0.321 e. The molecule has 0 radical (unpaired) electrons. The van der Waals surface area contributed by atoms with Gasteiger partial charge in [-0.15, -0.1) is 0 Å². The van der Waals surface area contributed by atoms with Gasteiger partial charge in [0.1, 0.15) is 16.4 Å². The molecule has 3 amide bonds. The van der Waals surface area contributed by atoms with E-state index in [1.54, 1.807) is 4.90 Å². The van der Waals surface area contributed by atoms with Crippen molar-refractivity contribution in [2.75, 3.05) is 45.2 Å². The molecule has 9 nitrogen and oxygen atoms in total. The summed E-state index contributed by atoms with van der Waals surface area (Å²) in [4.78, 5) is 32.5. The molecule has 0 bridgehead atoms. The largest absolute Gasteiger partial charge is 0.388 e. The second-order valence-corrected chi connectivity index (χ2v) is 14.6. The van der Waals surface area contributed by atoms with Crippen LogP contribution in [-0.2, 0) is 20.2 Å². The van der Waals surface area contributed by atoms with Gasteiger partial charge in [-0.3, -0.25) is 9.69 Å². The number of hydrogen-bond donors (Lipinski definition) is 2. The fourth-order valence-electron chi connectivity index (χ4n) is 7.06. The number of nitrogens with zero attached hydrogens (tertiary/aromatic N) is 3. The fraction of sp³-hybridized carbons (Fsp3) is 0.714. The van der Waals surface area contributed by atoms with Crippen molar-refractivity contribution in [3.05, 3.63) is 35.9 Å². The van der Waals surface area contributed by atoms with Gasteiger partial charge in [-0.25, -0.2) is 13.2 Å². The summed E-state index contributed by atoms with van der Waals surface area (Å²) in [5.74, 6) is -0.0688. The van der Waals surface area contributed by atoms with Crippen LogP contribution in [0.4, 0.5) is 4.79 Å². The normalized spacial score (nSPS) is 28.5. The van der Waals surface area contributed by atoms with E-state index in [9.17, 15) is 23.1 Å². The van der Waals surface area contributed by atoms with Gasteiger partial charge in [0.2, 0.25) is 5.91 Å². The topological polar surface area (TPSA) is 110 Å². The van der Waals surface area contributed by atoms with E-state index in [2.05, 4.69) is 48.6 Å². The molecule has 2 N–H and O–H groups in total. The molecule has 10 heteroatoms. The summed E-state index contributed by atoms with van der Waals surface area (Å²) in [5, 5.41) is 14.0. The van der Waals surface area contributed by atoms with Crippen molar-refractivity contribution in [2.45, 2.75) is 80.5 Å². The fourth-order valence-corrected chi connectivity index (χ4v) is 8.55. The molecule has 2 saturated carbocycles. The Bertz CT molecular complexity index is 1130. The summed E-state index contributed by atoms with van der Waals surface area (Å²) >= 11 is 0. The second-order valence-electron chi connectivity index (χ2n) is 12.3. The smallest absolute Gasteiger partial charge is 0.321 e. The van der Waals surface area contributed by atoms with Gasteiger partial charge in [0.15, 0.2) is 0 Å². The first-order valence-electron chi connectivity index (χ1n) is 14.0. The summed E-state index contributed by atoms with van der Waals surface area (Å²) in [6.07, 6.45) is 6.53. The predicted octanol–water partition coefficient (Wildman–Crippen LogP) is 2.10. The molecular weight excluding hydrogens is 504 g/mol. The number of β-amino-alcohol motifs (C(OH)–C–C–N with tert-alkyl or cyclic N) is 1. The van der Waals surface area contributed by atoms with E-state index in [4.69, 9.17) is 0 Å². The molecular formula is C28H42N4O5S. The van der Waals surface area contributed by atoms with Crippen molar-refractivity contribution in [1.82, 2.24) is 20.0 Å². The molecule has 1 aromatic carbocycles. The average molecular weight is 547 g/mol.